The van der Waals surface area contributed by atoms with Crippen LogP contribution in [0.25, 0.3) is 16.5 Å². The van der Waals surface area contributed by atoms with E-state index in [1.165, 1.54) is 21.6 Å². The summed E-state index contributed by atoms with van der Waals surface area (Å²) in [6.45, 7) is 0.192. The second-order valence-electron chi connectivity index (χ2n) is 6.94. The average molecular weight is 382 g/mol. The number of benzene rings is 2. The van der Waals surface area contributed by atoms with Crippen molar-refractivity contribution in [3.05, 3.63) is 62.7 Å². The minimum Gasteiger partial charge on any atom is -0.493 e. The van der Waals surface area contributed by atoms with Gasteiger partial charge in [0.15, 0.2) is 0 Å². The van der Waals surface area contributed by atoms with Gasteiger partial charge in [0.2, 0.25) is 5.88 Å². The van der Waals surface area contributed by atoms with Crippen molar-refractivity contribution in [3.63, 3.8) is 0 Å². The number of non-ortho nitro benzene ring substituents is 1. The third-order valence-corrected chi connectivity index (χ3v) is 5.62. The van der Waals surface area contributed by atoms with E-state index in [0.717, 1.165) is 4.57 Å². The molecule has 0 spiro atoms. The smallest absolute Gasteiger partial charge is 0.407 e. The van der Waals surface area contributed by atoms with Crippen molar-refractivity contribution in [1.29, 1.82) is 0 Å². The Morgan fingerprint density at radius 1 is 1.18 bits per heavy atom. The molecule has 3 heterocycles. The molecule has 2 bridgehead atoms. The number of likely N-dealkylation sites (tertiary alicyclic amines) is 1. The molecule has 0 saturated carbocycles. The Morgan fingerprint density at radius 2 is 1.89 bits per heavy atom. The van der Waals surface area contributed by atoms with Gasteiger partial charge in [-0.15, -0.1) is 0 Å². The highest BCUT2D eigenvalue weighted by Crippen LogP contribution is 2.48. The third kappa shape index (κ3) is 1.91. The first-order chi connectivity index (χ1) is 13.4. The summed E-state index contributed by atoms with van der Waals surface area (Å²) in [7, 11) is 0. The Hall–Kier alpha value is -3.82. The van der Waals surface area contributed by atoms with E-state index in [2.05, 4.69) is 0 Å². The lowest BCUT2D eigenvalue weighted by atomic mass is 10.1. The summed E-state index contributed by atoms with van der Waals surface area (Å²) >= 11 is 0. The van der Waals surface area contributed by atoms with E-state index in [1.54, 1.807) is 24.3 Å². The van der Waals surface area contributed by atoms with Gasteiger partial charge >= 0.3 is 11.8 Å². The zero-order valence-corrected chi connectivity index (χ0v) is 14.3. The predicted molar refractivity (Wildman–Crippen MR) is 97.0 cm³/mol. The summed E-state index contributed by atoms with van der Waals surface area (Å²) in [4.78, 5) is 36.6. The maximum Gasteiger partial charge on any atom is 0.407 e. The number of imidazole rings is 1. The standard InChI is InChI=1S/C18H14N4O6/c23-16-15-14-7-9(8-19(14)18(25)26)20(15)17(24)21(16)12-5-6-13(22(27)28)11-4-2-1-3-10(11)12/h1-6,9,14,23H,7-8H2,(H,25,26). The van der Waals surface area contributed by atoms with Crippen LogP contribution in [0.15, 0.2) is 41.2 Å². The first-order valence-corrected chi connectivity index (χ1v) is 8.62. The van der Waals surface area contributed by atoms with Crippen LogP contribution < -0.4 is 5.69 Å². The highest BCUT2D eigenvalue weighted by Gasteiger charge is 2.49. The molecular weight excluding hydrogens is 368 g/mol. The minimum absolute atomic E-state index is 0.101. The van der Waals surface area contributed by atoms with Gasteiger partial charge in [0.05, 0.1) is 28.1 Å². The molecule has 5 rings (SSSR count). The van der Waals surface area contributed by atoms with Gasteiger partial charge in [0.25, 0.3) is 5.69 Å². The molecule has 1 fully saturated rings. The normalized spacial score (nSPS) is 19.9. The van der Waals surface area contributed by atoms with Gasteiger partial charge in [-0.25, -0.2) is 14.2 Å². The Labute approximate surface area is 156 Å². The fourth-order valence-electron chi connectivity index (χ4n) is 4.50. The molecular formula is C18H14N4O6. The lowest BCUT2D eigenvalue weighted by molar-refractivity contribution is -0.383. The molecule has 2 aliphatic rings. The molecule has 0 aliphatic carbocycles. The Balaban J connectivity index is 1.77. The topological polar surface area (TPSA) is 131 Å². The maximum absolute atomic E-state index is 13.1. The number of aromatic hydroxyl groups is 1. The van der Waals surface area contributed by atoms with Gasteiger partial charge in [0, 0.05) is 18.0 Å². The molecule has 2 aromatic carbocycles. The van der Waals surface area contributed by atoms with Crippen molar-refractivity contribution < 1.29 is 19.9 Å². The number of nitrogens with zero attached hydrogens (tertiary/aromatic N) is 4. The largest absolute Gasteiger partial charge is 0.493 e. The molecule has 1 amide bonds. The molecule has 142 valence electrons. The fourth-order valence-corrected chi connectivity index (χ4v) is 4.50. The van der Waals surface area contributed by atoms with Crippen molar-refractivity contribution in [2.45, 2.75) is 18.5 Å². The number of nitro benzene ring substituents is 1. The number of carboxylic acid groups (broad SMARTS) is 1. The van der Waals surface area contributed by atoms with E-state index < -0.39 is 22.7 Å². The molecule has 1 aromatic heterocycles. The lowest BCUT2D eigenvalue weighted by Crippen LogP contribution is -2.36. The van der Waals surface area contributed by atoms with Crippen molar-refractivity contribution in [3.8, 4) is 11.6 Å². The van der Waals surface area contributed by atoms with Crippen LogP contribution >= 0.6 is 0 Å². The van der Waals surface area contributed by atoms with Crippen molar-refractivity contribution >= 4 is 22.6 Å². The number of fused-ring (bicyclic) bond motifs is 6. The molecule has 0 radical (unpaired) electrons. The number of nitro groups is 1. The van der Waals surface area contributed by atoms with E-state index in [1.807, 2.05) is 0 Å². The number of rotatable bonds is 2. The minimum atomic E-state index is -1.10. The summed E-state index contributed by atoms with van der Waals surface area (Å²) in [6.07, 6.45) is -0.647. The molecule has 3 aromatic rings. The molecule has 1 saturated heterocycles. The van der Waals surface area contributed by atoms with Crippen LogP contribution in [0.1, 0.15) is 24.2 Å². The van der Waals surface area contributed by atoms with E-state index >= 15 is 0 Å². The quantitative estimate of drug-likeness (QED) is 0.517. The van der Waals surface area contributed by atoms with Crippen LogP contribution in [0.3, 0.4) is 0 Å². The molecule has 2 unspecified atom stereocenters. The average Bonchev–Trinajstić information content (AvgIpc) is 3.33. The SMILES string of the molecule is O=C(O)N1CC2CC1c1c(O)n(-c3ccc([N+](=O)[O-])c4ccccc34)c(=O)n12. The second-order valence-corrected chi connectivity index (χ2v) is 6.94. The van der Waals surface area contributed by atoms with Gasteiger partial charge in [-0.05, 0) is 18.6 Å². The van der Waals surface area contributed by atoms with Crippen LogP contribution in [-0.4, -0.2) is 41.8 Å². The Kier molecular flexibility index (Phi) is 3.12. The van der Waals surface area contributed by atoms with Gasteiger partial charge in [-0.2, -0.15) is 0 Å². The second kappa shape index (κ2) is 5.35. The summed E-state index contributed by atoms with van der Waals surface area (Å²) < 4.78 is 2.54. The first kappa shape index (κ1) is 16.4. The van der Waals surface area contributed by atoms with Crippen LogP contribution in [-0.2, 0) is 0 Å². The van der Waals surface area contributed by atoms with Crippen LogP contribution in [0.2, 0.25) is 0 Å². The van der Waals surface area contributed by atoms with E-state index in [4.69, 9.17) is 0 Å². The maximum atomic E-state index is 13.1. The molecule has 2 aliphatic heterocycles. The van der Waals surface area contributed by atoms with Gasteiger partial charge in [-0.3, -0.25) is 19.6 Å². The Bertz CT molecular complexity index is 1240. The van der Waals surface area contributed by atoms with Crippen LogP contribution in [0.4, 0.5) is 10.5 Å². The summed E-state index contributed by atoms with van der Waals surface area (Å²) in [5.41, 5.74) is -0.00207. The summed E-state index contributed by atoms with van der Waals surface area (Å²) in [6, 6.07) is 8.38. The fraction of sp³-hybridized carbons (Fsp3) is 0.222. The van der Waals surface area contributed by atoms with Gasteiger partial charge in [0.1, 0.15) is 5.69 Å². The van der Waals surface area contributed by atoms with Gasteiger partial charge < -0.3 is 10.2 Å². The highest BCUT2D eigenvalue weighted by atomic mass is 16.6. The number of amides is 1. The van der Waals surface area contributed by atoms with Crippen LogP contribution in [0, 0.1) is 10.1 Å². The van der Waals surface area contributed by atoms with Crippen molar-refractivity contribution in [1.82, 2.24) is 14.0 Å². The zero-order valence-electron chi connectivity index (χ0n) is 14.3. The lowest BCUT2D eigenvalue weighted by Gasteiger charge is -2.24. The zero-order chi connectivity index (χ0) is 19.7. The number of hydrogen-bond acceptors (Lipinski definition) is 5. The molecule has 10 heteroatoms. The number of hydrogen-bond donors (Lipinski definition) is 2. The first-order valence-electron chi connectivity index (χ1n) is 8.62. The van der Waals surface area contributed by atoms with Crippen molar-refractivity contribution in [2.75, 3.05) is 6.54 Å². The third-order valence-electron chi connectivity index (χ3n) is 5.62. The molecule has 2 atom stereocenters. The van der Waals surface area contributed by atoms with Crippen LogP contribution in [0.5, 0.6) is 5.88 Å². The molecule has 10 nitrogen and oxygen atoms in total. The summed E-state index contributed by atoms with van der Waals surface area (Å²) in [5.74, 6) is -0.331. The monoisotopic (exact) mass is 382 g/mol. The number of carbonyl (C=O) groups is 1. The Morgan fingerprint density at radius 3 is 2.57 bits per heavy atom. The molecule has 2 N–H and O–H groups in total. The molecule has 28 heavy (non-hydrogen) atoms. The summed E-state index contributed by atoms with van der Waals surface area (Å²) in [5, 5.41) is 32.3. The van der Waals surface area contributed by atoms with E-state index in [-0.39, 0.29) is 29.8 Å². The predicted octanol–water partition coefficient (Wildman–Crippen LogP) is 2.39. The highest BCUT2D eigenvalue weighted by molar-refractivity contribution is 5.97. The van der Waals surface area contributed by atoms with Crippen molar-refractivity contribution in [2.24, 2.45) is 0 Å². The van der Waals surface area contributed by atoms with Gasteiger partial charge in [-0.1, -0.05) is 18.2 Å². The number of aromatic nitrogens is 2. The van der Waals surface area contributed by atoms with E-state index in [9.17, 15) is 29.9 Å². The van der Waals surface area contributed by atoms with E-state index in [0.29, 0.717) is 22.9 Å².